The van der Waals surface area contributed by atoms with Crippen molar-refractivity contribution in [1.29, 1.82) is 0 Å². The fourth-order valence-electron chi connectivity index (χ4n) is 4.60. The molecule has 1 unspecified atom stereocenters. The molecule has 3 heterocycles. The van der Waals surface area contributed by atoms with Crippen LogP contribution in [0.2, 0.25) is 0 Å². The number of anilines is 1. The summed E-state index contributed by atoms with van der Waals surface area (Å²) in [5.41, 5.74) is 0.705. The summed E-state index contributed by atoms with van der Waals surface area (Å²) in [5.74, 6) is 0.555. The van der Waals surface area contributed by atoms with Gasteiger partial charge in [-0.3, -0.25) is 19.3 Å². The van der Waals surface area contributed by atoms with Gasteiger partial charge in [0.2, 0.25) is 11.8 Å². The topological polar surface area (TPSA) is 73.4 Å². The van der Waals surface area contributed by atoms with Crippen LogP contribution in [0.4, 0.5) is 5.69 Å². The molecule has 2 saturated heterocycles. The number of benzene rings is 1. The number of ether oxygens (including phenoxy) is 1. The van der Waals surface area contributed by atoms with E-state index >= 15 is 0 Å². The molecule has 0 bridgehead atoms. The minimum atomic E-state index is -0.705. The maximum Gasteiger partial charge on any atom is 0.265 e. The fourth-order valence-corrected chi connectivity index (χ4v) is 4.60. The van der Waals surface area contributed by atoms with Gasteiger partial charge in [-0.25, -0.2) is 0 Å². The van der Waals surface area contributed by atoms with Crippen molar-refractivity contribution in [3.05, 3.63) is 24.3 Å². The number of hydrogen-bond acceptors (Lipinski definition) is 5. The number of rotatable bonds is 3. The van der Waals surface area contributed by atoms with E-state index in [9.17, 15) is 14.4 Å². The highest BCUT2D eigenvalue weighted by molar-refractivity contribution is 5.95. The van der Waals surface area contributed by atoms with E-state index in [1.165, 1.54) is 19.8 Å². The SMILES string of the molecule is CC(=O)N1CC(C(=O)N2CCN(CC(=O)N3CCCCCC3)CC2)Oc2ccccc21. The minimum absolute atomic E-state index is 0.0979. The summed E-state index contributed by atoms with van der Waals surface area (Å²) in [5, 5.41) is 0. The van der Waals surface area contributed by atoms with Gasteiger partial charge >= 0.3 is 0 Å². The van der Waals surface area contributed by atoms with Gasteiger partial charge in [0.25, 0.3) is 5.91 Å². The van der Waals surface area contributed by atoms with Gasteiger partial charge in [0.1, 0.15) is 5.75 Å². The van der Waals surface area contributed by atoms with Crippen molar-refractivity contribution in [3.63, 3.8) is 0 Å². The number of fused-ring (bicyclic) bond motifs is 1. The zero-order chi connectivity index (χ0) is 21.8. The Morgan fingerprint density at radius 2 is 1.58 bits per heavy atom. The molecule has 8 nitrogen and oxygen atoms in total. The molecule has 3 aliphatic rings. The van der Waals surface area contributed by atoms with Crippen LogP contribution in [0.1, 0.15) is 32.6 Å². The predicted octanol–water partition coefficient (Wildman–Crippen LogP) is 1.35. The molecule has 0 N–H and O–H groups in total. The third-order valence-electron chi connectivity index (χ3n) is 6.43. The molecule has 0 spiro atoms. The van der Waals surface area contributed by atoms with E-state index in [0.29, 0.717) is 44.2 Å². The van der Waals surface area contributed by atoms with Crippen molar-refractivity contribution in [1.82, 2.24) is 14.7 Å². The van der Waals surface area contributed by atoms with Gasteiger partial charge < -0.3 is 19.4 Å². The highest BCUT2D eigenvalue weighted by Gasteiger charge is 2.36. The molecule has 8 heteroatoms. The van der Waals surface area contributed by atoms with Crippen LogP contribution in [0.25, 0.3) is 0 Å². The van der Waals surface area contributed by atoms with E-state index in [4.69, 9.17) is 4.74 Å². The monoisotopic (exact) mass is 428 g/mol. The average Bonchev–Trinajstić information content (AvgIpc) is 3.08. The number of amides is 3. The highest BCUT2D eigenvalue weighted by atomic mass is 16.5. The molecule has 1 atom stereocenters. The Morgan fingerprint density at radius 1 is 0.903 bits per heavy atom. The quantitative estimate of drug-likeness (QED) is 0.727. The Labute approximate surface area is 183 Å². The van der Waals surface area contributed by atoms with E-state index in [0.717, 1.165) is 25.9 Å². The summed E-state index contributed by atoms with van der Waals surface area (Å²) < 4.78 is 5.95. The molecule has 4 rings (SSSR count). The van der Waals surface area contributed by atoms with Crippen molar-refractivity contribution in [3.8, 4) is 5.75 Å². The molecular weight excluding hydrogens is 396 g/mol. The molecule has 168 valence electrons. The molecule has 1 aromatic rings. The second kappa shape index (κ2) is 9.68. The van der Waals surface area contributed by atoms with Crippen LogP contribution >= 0.6 is 0 Å². The zero-order valence-corrected chi connectivity index (χ0v) is 18.3. The van der Waals surface area contributed by atoms with Gasteiger partial charge in [0, 0.05) is 46.2 Å². The maximum absolute atomic E-state index is 13.1. The van der Waals surface area contributed by atoms with Gasteiger partial charge in [0.15, 0.2) is 6.10 Å². The van der Waals surface area contributed by atoms with Crippen LogP contribution in [0.3, 0.4) is 0 Å². The van der Waals surface area contributed by atoms with Crippen molar-refractivity contribution in [2.45, 2.75) is 38.7 Å². The van der Waals surface area contributed by atoms with Crippen molar-refractivity contribution >= 4 is 23.4 Å². The average molecular weight is 429 g/mol. The minimum Gasteiger partial charge on any atom is -0.476 e. The van der Waals surface area contributed by atoms with Crippen LogP contribution < -0.4 is 9.64 Å². The predicted molar refractivity (Wildman–Crippen MR) is 117 cm³/mol. The van der Waals surface area contributed by atoms with E-state index in [1.54, 1.807) is 15.9 Å². The molecule has 0 aliphatic carbocycles. The van der Waals surface area contributed by atoms with E-state index < -0.39 is 6.10 Å². The number of likely N-dealkylation sites (tertiary alicyclic amines) is 1. The smallest absolute Gasteiger partial charge is 0.265 e. The Hall–Kier alpha value is -2.61. The van der Waals surface area contributed by atoms with Crippen LogP contribution in [0.15, 0.2) is 24.3 Å². The van der Waals surface area contributed by atoms with Gasteiger partial charge in [-0.2, -0.15) is 0 Å². The number of hydrogen-bond donors (Lipinski definition) is 0. The Morgan fingerprint density at radius 3 is 2.26 bits per heavy atom. The molecular formula is C23H32N4O4. The summed E-state index contributed by atoms with van der Waals surface area (Å²) in [4.78, 5) is 45.4. The summed E-state index contributed by atoms with van der Waals surface area (Å²) in [6.45, 7) is 6.35. The summed E-state index contributed by atoms with van der Waals surface area (Å²) in [7, 11) is 0. The fraction of sp³-hybridized carbons (Fsp3) is 0.609. The molecule has 31 heavy (non-hydrogen) atoms. The number of para-hydroxylation sites is 2. The number of carbonyl (C=O) groups is 3. The van der Waals surface area contributed by atoms with E-state index in [-0.39, 0.29) is 24.3 Å². The molecule has 3 aliphatic heterocycles. The lowest BCUT2D eigenvalue weighted by molar-refractivity contribution is -0.141. The van der Waals surface area contributed by atoms with Crippen LogP contribution in [-0.4, -0.2) is 90.9 Å². The first kappa shape index (κ1) is 21.6. The van der Waals surface area contributed by atoms with E-state index in [1.807, 2.05) is 23.1 Å². The van der Waals surface area contributed by atoms with Gasteiger partial charge in [-0.15, -0.1) is 0 Å². The highest BCUT2D eigenvalue weighted by Crippen LogP contribution is 2.33. The second-order valence-corrected chi connectivity index (χ2v) is 8.60. The lowest BCUT2D eigenvalue weighted by atomic mass is 10.1. The van der Waals surface area contributed by atoms with Crippen molar-refractivity contribution in [2.24, 2.45) is 0 Å². The molecule has 0 radical (unpaired) electrons. The molecule has 2 fully saturated rings. The van der Waals surface area contributed by atoms with Crippen LogP contribution in [0.5, 0.6) is 5.75 Å². The standard InChI is InChI=1S/C23H32N4O4/c1-18(28)27-16-21(31-20-9-5-4-8-19(20)27)23(30)26-14-12-24(13-15-26)17-22(29)25-10-6-2-3-7-11-25/h4-5,8-9,21H,2-3,6-7,10-17H2,1H3. The first-order valence-electron chi connectivity index (χ1n) is 11.4. The van der Waals surface area contributed by atoms with Crippen molar-refractivity contribution in [2.75, 3.05) is 57.3 Å². The number of carbonyl (C=O) groups excluding carboxylic acids is 3. The number of nitrogens with zero attached hydrogens (tertiary/aromatic N) is 4. The van der Waals surface area contributed by atoms with Gasteiger partial charge in [0.05, 0.1) is 18.8 Å². The summed E-state index contributed by atoms with van der Waals surface area (Å²) >= 11 is 0. The Balaban J connectivity index is 1.31. The summed E-state index contributed by atoms with van der Waals surface area (Å²) in [6, 6.07) is 7.31. The lowest BCUT2D eigenvalue weighted by Gasteiger charge is -2.39. The Bertz CT molecular complexity index is 814. The maximum atomic E-state index is 13.1. The van der Waals surface area contributed by atoms with Crippen LogP contribution in [-0.2, 0) is 14.4 Å². The molecule has 0 aromatic heterocycles. The van der Waals surface area contributed by atoms with Gasteiger partial charge in [-0.1, -0.05) is 25.0 Å². The zero-order valence-electron chi connectivity index (χ0n) is 18.3. The normalized spacial score (nSPS) is 22.4. The second-order valence-electron chi connectivity index (χ2n) is 8.60. The lowest BCUT2D eigenvalue weighted by Crippen LogP contribution is -2.57. The summed E-state index contributed by atoms with van der Waals surface area (Å²) in [6.07, 6.45) is 3.90. The molecule has 3 amide bonds. The third-order valence-corrected chi connectivity index (χ3v) is 6.43. The largest absolute Gasteiger partial charge is 0.476 e. The Kier molecular flexibility index (Phi) is 6.75. The van der Waals surface area contributed by atoms with Crippen LogP contribution in [0, 0.1) is 0 Å². The third kappa shape index (κ3) is 5.01. The van der Waals surface area contributed by atoms with E-state index in [2.05, 4.69) is 4.90 Å². The first-order valence-corrected chi connectivity index (χ1v) is 11.4. The van der Waals surface area contributed by atoms with Gasteiger partial charge in [-0.05, 0) is 25.0 Å². The first-order chi connectivity index (χ1) is 15.0. The number of piperazine rings is 1. The molecule has 0 saturated carbocycles. The molecule has 1 aromatic carbocycles. The van der Waals surface area contributed by atoms with Crippen molar-refractivity contribution < 1.29 is 19.1 Å².